The van der Waals surface area contributed by atoms with Crippen LogP contribution in [0.1, 0.15) is 48.0 Å². The van der Waals surface area contributed by atoms with Crippen LogP contribution in [-0.2, 0) is 4.79 Å². The number of amides is 1. The van der Waals surface area contributed by atoms with E-state index in [0.29, 0.717) is 16.6 Å². The Hall–Kier alpha value is -3.68. The Morgan fingerprint density at radius 2 is 1.97 bits per heavy atom. The number of pyridine rings is 1. The molecule has 2 aromatic carbocycles. The Balaban J connectivity index is 1.58. The van der Waals surface area contributed by atoms with Crippen LogP contribution in [0.25, 0.3) is 11.3 Å². The van der Waals surface area contributed by atoms with Crippen molar-refractivity contribution in [1.82, 2.24) is 10.3 Å². The summed E-state index contributed by atoms with van der Waals surface area (Å²) in [5.41, 5.74) is 5.38. The van der Waals surface area contributed by atoms with Crippen LogP contribution in [0, 0.1) is 13.8 Å². The summed E-state index contributed by atoms with van der Waals surface area (Å²) in [6.07, 6.45) is 2.19. The van der Waals surface area contributed by atoms with Gasteiger partial charge in [0, 0.05) is 34.6 Å². The number of halogens is 1. The van der Waals surface area contributed by atoms with E-state index in [1.165, 1.54) is 0 Å². The quantitative estimate of drug-likeness (QED) is 0.258. The average molecular weight is 531 g/mol. The summed E-state index contributed by atoms with van der Waals surface area (Å²) < 4.78 is 6.48. The summed E-state index contributed by atoms with van der Waals surface area (Å²) in [5.74, 6) is 1.46. The second-order valence-corrected chi connectivity index (χ2v) is 9.81. The highest BCUT2D eigenvalue weighted by Crippen LogP contribution is 2.44. The molecule has 0 unspecified atom stereocenters. The van der Waals surface area contributed by atoms with Crippen LogP contribution in [0.5, 0.6) is 0 Å². The molecule has 0 spiro atoms. The zero-order valence-electron chi connectivity index (χ0n) is 20.8. The highest BCUT2D eigenvalue weighted by Gasteiger charge is 2.42. The van der Waals surface area contributed by atoms with E-state index >= 15 is 0 Å². The molecule has 2 atom stereocenters. The predicted octanol–water partition coefficient (Wildman–Crippen LogP) is 7.14. The van der Waals surface area contributed by atoms with E-state index < -0.39 is 0 Å². The molecule has 0 bridgehead atoms. The maximum Gasteiger partial charge on any atom is 0.224 e. The largest absolute Gasteiger partial charge is 0.459 e. The number of thiocarbonyl (C=S) groups is 1. The van der Waals surface area contributed by atoms with Crippen LogP contribution in [0.2, 0.25) is 5.02 Å². The number of benzene rings is 2. The minimum Gasteiger partial charge on any atom is -0.459 e. The van der Waals surface area contributed by atoms with Crippen molar-refractivity contribution >= 4 is 46.2 Å². The number of hydrogen-bond acceptors (Lipinski definition) is 4. The van der Waals surface area contributed by atoms with Gasteiger partial charge in [0.15, 0.2) is 5.11 Å². The van der Waals surface area contributed by atoms with Crippen molar-refractivity contribution in [3.8, 4) is 11.3 Å². The lowest BCUT2D eigenvalue weighted by Crippen LogP contribution is -2.29. The van der Waals surface area contributed by atoms with Crippen LogP contribution in [-0.4, -0.2) is 16.0 Å². The molecule has 2 aromatic heterocycles. The molecule has 3 heterocycles. The van der Waals surface area contributed by atoms with Gasteiger partial charge in [-0.1, -0.05) is 36.7 Å². The van der Waals surface area contributed by atoms with Crippen molar-refractivity contribution in [1.29, 1.82) is 0 Å². The highest BCUT2D eigenvalue weighted by molar-refractivity contribution is 7.80. The first kappa shape index (κ1) is 25.0. The Kier molecular flexibility index (Phi) is 7.00. The van der Waals surface area contributed by atoms with E-state index in [-0.39, 0.29) is 18.0 Å². The van der Waals surface area contributed by atoms with Crippen molar-refractivity contribution in [2.45, 2.75) is 39.3 Å². The highest BCUT2D eigenvalue weighted by atomic mass is 35.5. The lowest BCUT2D eigenvalue weighted by atomic mass is 10.0. The van der Waals surface area contributed by atoms with Crippen molar-refractivity contribution in [2.24, 2.45) is 0 Å². The number of hydrogen-bond donors (Lipinski definition) is 2. The summed E-state index contributed by atoms with van der Waals surface area (Å²) >= 11 is 12.2. The first-order chi connectivity index (χ1) is 17.9. The minimum absolute atomic E-state index is 0.0262. The smallest absolute Gasteiger partial charge is 0.224 e. The third-order valence-corrected chi connectivity index (χ3v) is 7.36. The molecule has 1 amide bonds. The van der Waals surface area contributed by atoms with Gasteiger partial charge in [-0.3, -0.25) is 9.78 Å². The average Bonchev–Trinajstić information content (AvgIpc) is 3.52. The third-order valence-electron chi connectivity index (χ3n) is 6.63. The van der Waals surface area contributed by atoms with E-state index in [4.69, 9.17) is 28.2 Å². The molecule has 6 nitrogen and oxygen atoms in total. The molecule has 8 heteroatoms. The molecule has 0 saturated carbocycles. The van der Waals surface area contributed by atoms with Crippen LogP contribution in [0.4, 0.5) is 11.4 Å². The molecule has 5 rings (SSSR count). The van der Waals surface area contributed by atoms with Gasteiger partial charge in [-0.2, -0.15) is 0 Å². The summed E-state index contributed by atoms with van der Waals surface area (Å²) in [4.78, 5) is 18.6. The first-order valence-corrected chi connectivity index (χ1v) is 12.9. The molecule has 2 N–H and O–H groups in total. The molecule has 1 saturated heterocycles. The van der Waals surface area contributed by atoms with E-state index in [2.05, 4.69) is 20.5 Å². The van der Waals surface area contributed by atoms with E-state index in [0.717, 1.165) is 45.3 Å². The van der Waals surface area contributed by atoms with Gasteiger partial charge in [-0.05, 0) is 85.7 Å². The maximum absolute atomic E-state index is 11.9. The standard InChI is InChI=1S/C29H27ClN4O2S/c1-4-26(35)32-22-12-11-19(16-17(22)2)34-28(27(33-29(34)37)23-10-5-6-15-31-23)25-14-13-24(36-25)20-8-7-9-21(30)18(20)3/h5-16,27-28H,4H2,1-3H3,(H,32,35)(H,33,37)/t27-,28-/m1/s1. The monoisotopic (exact) mass is 530 g/mol. The van der Waals surface area contributed by atoms with E-state index in [1.54, 1.807) is 6.20 Å². The summed E-state index contributed by atoms with van der Waals surface area (Å²) in [6.45, 7) is 5.79. The number of anilines is 2. The maximum atomic E-state index is 11.9. The van der Waals surface area contributed by atoms with Gasteiger partial charge in [0.1, 0.15) is 17.6 Å². The summed E-state index contributed by atoms with van der Waals surface area (Å²) in [7, 11) is 0. The Labute approximate surface area is 226 Å². The number of carbonyl (C=O) groups excluding carboxylic acids is 1. The lowest BCUT2D eigenvalue weighted by Gasteiger charge is -2.27. The molecule has 1 aliphatic heterocycles. The van der Waals surface area contributed by atoms with E-state index in [1.807, 2.05) is 87.5 Å². The topological polar surface area (TPSA) is 70.4 Å². The molecule has 188 valence electrons. The van der Waals surface area contributed by atoms with Gasteiger partial charge in [0.05, 0.1) is 11.7 Å². The van der Waals surface area contributed by atoms with Crippen LogP contribution >= 0.6 is 23.8 Å². The Morgan fingerprint density at radius 1 is 1.14 bits per heavy atom. The molecule has 0 aliphatic carbocycles. The first-order valence-electron chi connectivity index (χ1n) is 12.1. The Bertz CT molecular complexity index is 1470. The molecule has 37 heavy (non-hydrogen) atoms. The summed E-state index contributed by atoms with van der Waals surface area (Å²) in [5, 5.41) is 7.67. The number of carbonyl (C=O) groups is 1. The van der Waals surface area contributed by atoms with Crippen molar-refractivity contribution in [2.75, 3.05) is 10.2 Å². The number of aryl methyl sites for hydroxylation is 1. The normalized spacial score (nSPS) is 17.1. The van der Waals surface area contributed by atoms with E-state index in [9.17, 15) is 4.79 Å². The second-order valence-electron chi connectivity index (χ2n) is 9.01. The van der Waals surface area contributed by atoms with Gasteiger partial charge >= 0.3 is 0 Å². The molecule has 1 aliphatic rings. The minimum atomic E-state index is -0.286. The van der Waals surface area contributed by atoms with Gasteiger partial charge in [0.2, 0.25) is 5.91 Å². The fourth-order valence-electron chi connectivity index (χ4n) is 4.63. The molecule has 4 aromatic rings. The molecule has 0 radical (unpaired) electrons. The van der Waals surface area contributed by atoms with Gasteiger partial charge in [0.25, 0.3) is 0 Å². The van der Waals surface area contributed by atoms with Gasteiger partial charge in [-0.15, -0.1) is 0 Å². The number of aromatic nitrogens is 1. The number of nitrogens with zero attached hydrogens (tertiary/aromatic N) is 2. The summed E-state index contributed by atoms with van der Waals surface area (Å²) in [6, 6.07) is 21.0. The zero-order chi connectivity index (χ0) is 26.1. The molecular weight excluding hydrogens is 504 g/mol. The van der Waals surface area contributed by atoms with Gasteiger partial charge in [-0.25, -0.2) is 0 Å². The number of furan rings is 1. The molecule has 1 fully saturated rings. The van der Waals surface area contributed by atoms with Crippen molar-refractivity contribution < 1.29 is 9.21 Å². The van der Waals surface area contributed by atoms with Crippen molar-refractivity contribution in [3.05, 3.63) is 101 Å². The van der Waals surface area contributed by atoms with Gasteiger partial charge < -0.3 is 20.0 Å². The predicted molar refractivity (Wildman–Crippen MR) is 152 cm³/mol. The number of nitrogens with one attached hydrogen (secondary N) is 2. The lowest BCUT2D eigenvalue weighted by molar-refractivity contribution is -0.115. The Morgan fingerprint density at radius 3 is 2.70 bits per heavy atom. The SMILES string of the molecule is CCC(=O)Nc1ccc(N2C(=S)N[C@H](c3ccccn3)[C@H]2c2ccc(-c3cccc(Cl)c3C)o2)cc1C. The fraction of sp³-hybridized carbons (Fsp3) is 0.207. The van der Waals surface area contributed by atoms with Crippen LogP contribution in [0.15, 0.2) is 77.3 Å². The molecular formula is C29H27ClN4O2S. The van der Waals surface area contributed by atoms with Crippen LogP contribution in [0.3, 0.4) is 0 Å². The van der Waals surface area contributed by atoms with Crippen LogP contribution < -0.4 is 15.5 Å². The number of rotatable bonds is 6. The zero-order valence-corrected chi connectivity index (χ0v) is 22.4. The fourth-order valence-corrected chi connectivity index (χ4v) is 5.15. The van der Waals surface area contributed by atoms with Crippen molar-refractivity contribution in [3.63, 3.8) is 0 Å². The third kappa shape index (κ3) is 4.84. The second kappa shape index (κ2) is 10.4.